The molecule has 0 unspecified atom stereocenters. The Labute approximate surface area is 212 Å². The van der Waals surface area contributed by atoms with E-state index in [-0.39, 0.29) is 36.2 Å². The van der Waals surface area contributed by atoms with Gasteiger partial charge in [0.1, 0.15) is 5.69 Å². The zero-order chi connectivity index (χ0) is 26.4. The molecule has 4 aliphatic rings. The van der Waals surface area contributed by atoms with Crippen molar-refractivity contribution in [3.8, 4) is 0 Å². The van der Waals surface area contributed by atoms with E-state index in [4.69, 9.17) is 9.47 Å². The molecule has 1 aliphatic carbocycles. The molecule has 4 heterocycles. The van der Waals surface area contributed by atoms with Crippen LogP contribution < -0.4 is 10.2 Å². The van der Waals surface area contributed by atoms with Crippen LogP contribution in [-0.4, -0.2) is 85.9 Å². The molecule has 3 saturated heterocycles. The Kier molecular flexibility index (Phi) is 7.36. The predicted octanol–water partition coefficient (Wildman–Crippen LogP) is 3.48. The third kappa shape index (κ3) is 5.29. The van der Waals surface area contributed by atoms with Gasteiger partial charge in [-0.1, -0.05) is 0 Å². The van der Waals surface area contributed by atoms with Crippen LogP contribution in [0.5, 0.6) is 0 Å². The SMILES string of the molecule is CO[C@@H]1COCC[C@@H]1N[C@H]1CC[C@](CC(F)F)(C(=O)N2C[C@@H]3C[C@H]2CN3c2ccnc(C(F)(F)F)c2)C1. The highest BCUT2D eigenvalue weighted by molar-refractivity contribution is 5.84. The van der Waals surface area contributed by atoms with Gasteiger partial charge in [0, 0.05) is 63.2 Å². The summed E-state index contributed by atoms with van der Waals surface area (Å²) >= 11 is 0. The maximum Gasteiger partial charge on any atom is 0.433 e. The van der Waals surface area contributed by atoms with Crippen molar-refractivity contribution in [3.63, 3.8) is 0 Å². The largest absolute Gasteiger partial charge is 0.433 e. The number of ether oxygens (including phenoxy) is 2. The Morgan fingerprint density at radius 1 is 1.30 bits per heavy atom. The van der Waals surface area contributed by atoms with Gasteiger partial charge in [-0.2, -0.15) is 13.2 Å². The number of methoxy groups -OCH3 is 1. The van der Waals surface area contributed by atoms with Gasteiger partial charge >= 0.3 is 6.18 Å². The quantitative estimate of drug-likeness (QED) is 0.543. The number of halogens is 5. The zero-order valence-electron chi connectivity index (χ0n) is 20.7. The third-order valence-electron chi connectivity index (χ3n) is 8.53. The second-order valence-corrected chi connectivity index (χ2v) is 10.8. The van der Waals surface area contributed by atoms with Gasteiger partial charge in [0.05, 0.1) is 24.2 Å². The normalized spacial score (nSPS) is 34.1. The number of likely N-dealkylation sites (tertiary alicyclic amines) is 1. The Morgan fingerprint density at radius 3 is 2.78 bits per heavy atom. The molecule has 2 bridgehead atoms. The Bertz CT molecular complexity index is 982. The average Bonchev–Trinajstić information content (AvgIpc) is 3.58. The highest BCUT2D eigenvalue weighted by atomic mass is 19.4. The number of carbonyl (C=O) groups excluding carboxylic acids is 1. The average molecular weight is 533 g/mol. The molecule has 0 radical (unpaired) electrons. The van der Waals surface area contributed by atoms with Crippen LogP contribution >= 0.6 is 0 Å². The first-order valence-electron chi connectivity index (χ1n) is 12.9. The molecule has 12 heteroatoms. The first-order chi connectivity index (χ1) is 17.6. The van der Waals surface area contributed by atoms with Gasteiger partial charge in [-0.3, -0.25) is 9.78 Å². The third-order valence-corrected chi connectivity index (χ3v) is 8.53. The fourth-order valence-electron chi connectivity index (χ4n) is 6.76. The van der Waals surface area contributed by atoms with E-state index < -0.39 is 30.1 Å². The molecule has 37 heavy (non-hydrogen) atoms. The van der Waals surface area contributed by atoms with Gasteiger partial charge < -0.3 is 24.6 Å². The second kappa shape index (κ2) is 10.3. The molecule has 1 aromatic heterocycles. The summed E-state index contributed by atoms with van der Waals surface area (Å²) in [6, 6.07) is 2.17. The molecule has 1 amide bonds. The molecular formula is C25H33F5N4O3. The number of fused-ring (bicyclic) bond motifs is 2. The van der Waals surface area contributed by atoms with E-state index in [0.29, 0.717) is 57.7 Å². The molecule has 5 rings (SSSR count). The molecule has 1 saturated carbocycles. The summed E-state index contributed by atoms with van der Waals surface area (Å²) in [5.74, 6) is -0.245. The Hall–Kier alpha value is -2.05. The Morgan fingerprint density at radius 2 is 2.11 bits per heavy atom. The van der Waals surface area contributed by atoms with Gasteiger partial charge in [-0.25, -0.2) is 8.78 Å². The van der Waals surface area contributed by atoms with Gasteiger partial charge in [-0.15, -0.1) is 0 Å². The summed E-state index contributed by atoms with van der Waals surface area (Å²) < 4.78 is 77.9. The summed E-state index contributed by atoms with van der Waals surface area (Å²) in [5.41, 5.74) is -1.69. The van der Waals surface area contributed by atoms with Gasteiger partial charge in [-0.05, 0) is 44.2 Å². The van der Waals surface area contributed by atoms with E-state index in [1.54, 1.807) is 12.0 Å². The lowest BCUT2D eigenvalue weighted by Crippen LogP contribution is -2.54. The maximum absolute atomic E-state index is 13.8. The number of hydrogen-bond donors (Lipinski definition) is 1. The fourth-order valence-corrected chi connectivity index (χ4v) is 6.76. The van der Waals surface area contributed by atoms with Crippen LogP contribution in [0.1, 0.15) is 44.2 Å². The summed E-state index contributed by atoms with van der Waals surface area (Å²) in [4.78, 5) is 20.8. The number of nitrogens with one attached hydrogen (secondary N) is 1. The van der Waals surface area contributed by atoms with E-state index in [1.807, 2.05) is 4.90 Å². The highest BCUT2D eigenvalue weighted by Gasteiger charge is 2.54. The fraction of sp³-hybridized carbons (Fsp3) is 0.760. The van der Waals surface area contributed by atoms with Crippen molar-refractivity contribution in [1.29, 1.82) is 0 Å². The van der Waals surface area contributed by atoms with Crippen LogP contribution in [0.3, 0.4) is 0 Å². The molecule has 206 valence electrons. The molecule has 1 aromatic rings. The number of anilines is 1. The molecule has 0 aromatic carbocycles. The van der Waals surface area contributed by atoms with E-state index in [0.717, 1.165) is 18.7 Å². The number of amides is 1. The van der Waals surface area contributed by atoms with E-state index >= 15 is 0 Å². The summed E-state index contributed by atoms with van der Waals surface area (Å²) in [7, 11) is 1.62. The molecule has 7 nitrogen and oxygen atoms in total. The smallest absolute Gasteiger partial charge is 0.379 e. The number of aromatic nitrogens is 1. The number of rotatable bonds is 7. The lowest BCUT2D eigenvalue weighted by atomic mass is 9.80. The molecule has 3 aliphatic heterocycles. The summed E-state index contributed by atoms with van der Waals surface area (Å²) in [5, 5.41) is 3.55. The molecule has 4 fully saturated rings. The second-order valence-electron chi connectivity index (χ2n) is 10.8. The van der Waals surface area contributed by atoms with Crippen LogP contribution in [0.25, 0.3) is 0 Å². The summed E-state index contributed by atoms with van der Waals surface area (Å²) in [6.45, 7) is 1.77. The zero-order valence-corrected chi connectivity index (χ0v) is 20.7. The van der Waals surface area contributed by atoms with Crippen molar-refractivity contribution in [2.24, 2.45) is 5.41 Å². The minimum Gasteiger partial charge on any atom is -0.379 e. The number of nitrogens with zero attached hydrogens (tertiary/aromatic N) is 3. The topological polar surface area (TPSA) is 66.9 Å². The Balaban J connectivity index is 1.27. The number of piperazine rings is 1. The van der Waals surface area contributed by atoms with Gasteiger partial charge in [0.2, 0.25) is 12.3 Å². The van der Waals surface area contributed by atoms with Crippen molar-refractivity contribution in [2.75, 3.05) is 38.3 Å². The minimum atomic E-state index is -4.54. The monoisotopic (exact) mass is 532 g/mol. The van der Waals surface area contributed by atoms with Crippen LogP contribution in [0, 0.1) is 5.41 Å². The van der Waals surface area contributed by atoms with E-state index in [1.165, 1.54) is 6.07 Å². The number of hydrogen-bond acceptors (Lipinski definition) is 6. The van der Waals surface area contributed by atoms with Crippen LogP contribution in [-0.2, 0) is 20.4 Å². The van der Waals surface area contributed by atoms with Crippen LogP contribution in [0.4, 0.5) is 27.6 Å². The number of alkyl halides is 5. The number of pyridine rings is 1. The highest BCUT2D eigenvalue weighted by Crippen LogP contribution is 2.47. The first kappa shape index (κ1) is 26.6. The lowest BCUT2D eigenvalue weighted by Gasteiger charge is -2.40. The lowest BCUT2D eigenvalue weighted by molar-refractivity contribution is -0.146. The van der Waals surface area contributed by atoms with Gasteiger partial charge in [0.25, 0.3) is 0 Å². The number of carbonyl (C=O) groups is 1. The van der Waals surface area contributed by atoms with Crippen LogP contribution in [0.15, 0.2) is 18.3 Å². The standard InChI is InChI=1S/C25H33F5N4O3/c1-36-20-14-37-7-4-19(20)32-15-2-5-24(10-15,11-22(26)27)23(35)34-13-17-8-18(34)12-33(17)16-3-6-31-21(9-16)25(28,29)30/h3,6,9,15,17-20,22,32H,2,4-5,7-8,10-14H2,1H3/t15-,17-,18-,19-,20+,24-/m0/s1. The van der Waals surface area contributed by atoms with Gasteiger partial charge in [0.15, 0.2) is 0 Å². The minimum absolute atomic E-state index is 0.0412. The van der Waals surface area contributed by atoms with E-state index in [9.17, 15) is 26.7 Å². The van der Waals surface area contributed by atoms with Crippen molar-refractivity contribution in [2.45, 2.75) is 81.4 Å². The molecular weight excluding hydrogens is 499 g/mol. The maximum atomic E-state index is 13.8. The van der Waals surface area contributed by atoms with Crippen molar-refractivity contribution in [1.82, 2.24) is 15.2 Å². The first-order valence-corrected chi connectivity index (χ1v) is 12.9. The molecule has 0 spiro atoms. The molecule has 6 atom stereocenters. The van der Waals surface area contributed by atoms with Crippen molar-refractivity contribution < 1.29 is 36.2 Å². The van der Waals surface area contributed by atoms with Crippen molar-refractivity contribution >= 4 is 11.6 Å². The summed E-state index contributed by atoms with van der Waals surface area (Å²) in [6.07, 6.45) is -3.91. The van der Waals surface area contributed by atoms with Crippen LogP contribution in [0.2, 0.25) is 0 Å². The predicted molar refractivity (Wildman–Crippen MR) is 124 cm³/mol. The van der Waals surface area contributed by atoms with Crippen molar-refractivity contribution in [3.05, 3.63) is 24.0 Å². The molecule has 1 N–H and O–H groups in total. The van der Waals surface area contributed by atoms with E-state index in [2.05, 4.69) is 10.3 Å².